The van der Waals surface area contributed by atoms with Gasteiger partial charge in [0.25, 0.3) is 5.95 Å². The summed E-state index contributed by atoms with van der Waals surface area (Å²) in [6, 6.07) is 4.32. The Morgan fingerprint density at radius 2 is 1.89 bits per heavy atom. The van der Waals surface area contributed by atoms with Crippen LogP contribution in [0.1, 0.15) is 16.8 Å². The molecule has 28 heavy (non-hydrogen) atoms. The molecule has 1 atom stereocenters. The predicted octanol–water partition coefficient (Wildman–Crippen LogP) is -3.28. The molecule has 0 spiro atoms. The molecule has 2 aromatic rings. The normalized spacial score (nSPS) is 20.7. The number of quaternary nitrogens is 2. The van der Waals surface area contributed by atoms with Gasteiger partial charge in [0, 0.05) is 5.39 Å². The van der Waals surface area contributed by atoms with E-state index in [-0.39, 0.29) is 0 Å². The number of morpholine rings is 1. The molecular weight excluding hydrogens is 354 g/mol. The Balaban J connectivity index is 1.37. The number of rotatable bonds is 4. The zero-order chi connectivity index (χ0) is 19.5. The summed E-state index contributed by atoms with van der Waals surface area (Å²) in [5.41, 5.74) is 4.43. The van der Waals surface area contributed by atoms with Crippen LogP contribution in [0.15, 0.2) is 12.1 Å². The highest BCUT2D eigenvalue weighted by Gasteiger charge is 2.23. The Labute approximate surface area is 166 Å². The topological polar surface area (TPSA) is 81.9 Å². The predicted molar refractivity (Wildman–Crippen MR) is 108 cm³/mol. The van der Waals surface area contributed by atoms with E-state index >= 15 is 0 Å². The second kappa shape index (κ2) is 8.38. The summed E-state index contributed by atoms with van der Waals surface area (Å²) >= 11 is 0. The number of anilines is 1. The first-order valence-electron chi connectivity index (χ1n) is 10.2. The summed E-state index contributed by atoms with van der Waals surface area (Å²) in [4.78, 5) is 16.0. The van der Waals surface area contributed by atoms with Gasteiger partial charge in [0.15, 0.2) is 13.3 Å². The Kier molecular flexibility index (Phi) is 5.70. The monoisotopic (exact) mass is 386 g/mol. The van der Waals surface area contributed by atoms with Gasteiger partial charge in [-0.05, 0) is 32.4 Å². The molecule has 4 rings (SSSR count). The van der Waals surface area contributed by atoms with Crippen molar-refractivity contribution < 1.29 is 19.5 Å². The molecule has 1 saturated heterocycles. The smallest absolute Gasteiger partial charge is 0.359 e. The first kappa shape index (κ1) is 19.0. The van der Waals surface area contributed by atoms with Crippen molar-refractivity contribution in [3.05, 3.63) is 29.0 Å². The Hall–Kier alpha value is -2.29. The van der Waals surface area contributed by atoms with Crippen LogP contribution < -0.4 is 25.4 Å². The number of guanidine groups is 1. The molecule has 1 fully saturated rings. The highest BCUT2D eigenvalue weighted by molar-refractivity contribution is 5.90. The lowest BCUT2D eigenvalue weighted by Gasteiger charge is -2.26. The van der Waals surface area contributed by atoms with Crippen LogP contribution in [0.4, 0.5) is 5.95 Å². The molecule has 8 nitrogen and oxygen atoms in total. The Bertz CT molecular complexity index is 876. The standard InChI is InChI=1S/C20H29N7O/c1-14-10-15(2)18-17(11-14)16(3)23-20(24-18)25-19-21-12-27(13-22-19)5-4-26-6-8-28-9-7-26/h10-11H,4-9,12-13H2,1-3H3,(H2,21,22,23,24,25)/p+3. The van der Waals surface area contributed by atoms with Crippen LogP contribution in [0.3, 0.4) is 0 Å². The van der Waals surface area contributed by atoms with Crippen molar-refractivity contribution >= 4 is 22.8 Å². The largest absolute Gasteiger partial charge is 0.370 e. The third-order valence-electron chi connectivity index (χ3n) is 5.63. The summed E-state index contributed by atoms with van der Waals surface area (Å²) in [5, 5.41) is 7.88. The number of nitrogens with zero attached hydrogens (tertiary/aromatic N) is 2. The van der Waals surface area contributed by atoms with Crippen molar-refractivity contribution in [3.63, 3.8) is 0 Å². The van der Waals surface area contributed by atoms with Gasteiger partial charge in [-0.2, -0.15) is 4.98 Å². The van der Waals surface area contributed by atoms with Crippen molar-refractivity contribution in [2.75, 3.05) is 58.0 Å². The van der Waals surface area contributed by atoms with E-state index in [1.807, 2.05) is 6.92 Å². The van der Waals surface area contributed by atoms with Crippen LogP contribution in [0.25, 0.3) is 10.9 Å². The van der Waals surface area contributed by atoms with Crippen molar-refractivity contribution in [2.45, 2.75) is 20.8 Å². The van der Waals surface area contributed by atoms with Crippen LogP contribution in [-0.2, 0) is 4.74 Å². The molecule has 2 aliphatic heterocycles. The van der Waals surface area contributed by atoms with Gasteiger partial charge < -0.3 is 9.64 Å². The summed E-state index contributed by atoms with van der Waals surface area (Å²) in [7, 11) is 0. The van der Waals surface area contributed by atoms with Crippen molar-refractivity contribution in [2.24, 2.45) is 0 Å². The molecule has 0 radical (unpaired) electrons. The first-order valence-corrected chi connectivity index (χ1v) is 10.2. The average molecular weight is 387 g/mol. The second-order valence-electron chi connectivity index (χ2n) is 7.93. The van der Waals surface area contributed by atoms with Gasteiger partial charge in [-0.3, -0.25) is 4.90 Å². The SMILES string of the molecule is Cc1cc(C)c2nc(NC3=[NH+]C[NH+](CC[NH+]4CCOCC4)CN3)nc(C)c2c1. The van der Waals surface area contributed by atoms with E-state index in [2.05, 4.69) is 46.6 Å². The van der Waals surface area contributed by atoms with Gasteiger partial charge >= 0.3 is 5.96 Å². The highest BCUT2D eigenvalue weighted by atomic mass is 16.5. The Morgan fingerprint density at radius 1 is 1.11 bits per heavy atom. The van der Waals surface area contributed by atoms with Crippen LogP contribution in [-0.4, -0.2) is 68.7 Å². The minimum Gasteiger partial charge on any atom is -0.370 e. The lowest BCUT2D eigenvalue weighted by Crippen LogP contribution is -3.27. The van der Waals surface area contributed by atoms with E-state index in [4.69, 9.17) is 9.72 Å². The molecule has 8 heteroatoms. The molecular formula is C20H32N7O+3. The molecule has 2 aliphatic rings. The van der Waals surface area contributed by atoms with Crippen molar-refractivity contribution in [1.29, 1.82) is 0 Å². The molecule has 150 valence electrons. The maximum Gasteiger partial charge on any atom is 0.359 e. The van der Waals surface area contributed by atoms with Gasteiger partial charge in [0.2, 0.25) is 0 Å². The van der Waals surface area contributed by atoms with Gasteiger partial charge in [0.1, 0.15) is 26.2 Å². The van der Waals surface area contributed by atoms with Crippen LogP contribution in [0.2, 0.25) is 0 Å². The lowest BCUT2D eigenvalue weighted by molar-refractivity contribution is -1.01. The number of ether oxygens (including phenoxy) is 1. The maximum absolute atomic E-state index is 5.43. The summed E-state index contributed by atoms with van der Waals surface area (Å²) in [6.45, 7) is 14.4. The number of hydrogen-bond acceptors (Lipinski definition) is 5. The number of benzene rings is 1. The van der Waals surface area contributed by atoms with Gasteiger partial charge in [-0.15, -0.1) is 0 Å². The highest BCUT2D eigenvalue weighted by Crippen LogP contribution is 2.22. The molecule has 1 unspecified atom stereocenters. The lowest BCUT2D eigenvalue weighted by atomic mass is 10.1. The van der Waals surface area contributed by atoms with Crippen LogP contribution in [0.5, 0.6) is 0 Å². The molecule has 5 N–H and O–H groups in total. The van der Waals surface area contributed by atoms with Crippen molar-refractivity contribution in [1.82, 2.24) is 15.3 Å². The van der Waals surface area contributed by atoms with Gasteiger partial charge in [-0.25, -0.2) is 20.6 Å². The van der Waals surface area contributed by atoms with E-state index < -0.39 is 0 Å². The van der Waals surface area contributed by atoms with Crippen LogP contribution >= 0.6 is 0 Å². The minimum absolute atomic E-state index is 0.633. The van der Waals surface area contributed by atoms with E-state index in [1.165, 1.54) is 22.6 Å². The average Bonchev–Trinajstić information content (AvgIpc) is 2.69. The molecule has 1 aromatic carbocycles. The number of aryl methyl sites for hydroxylation is 3. The molecule has 0 bridgehead atoms. The minimum atomic E-state index is 0.633. The summed E-state index contributed by atoms with van der Waals surface area (Å²) in [5.74, 6) is 1.51. The Morgan fingerprint density at radius 3 is 2.64 bits per heavy atom. The second-order valence-corrected chi connectivity index (χ2v) is 7.93. The summed E-state index contributed by atoms with van der Waals surface area (Å²) < 4.78 is 5.43. The first-order chi connectivity index (χ1) is 13.6. The number of nitrogens with one attached hydrogen (secondary N) is 5. The van der Waals surface area contributed by atoms with Gasteiger partial charge in [-0.1, -0.05) is 11.6 Å². The van der Waals surface area contributed by atoms with Crippen molar-refractivity contribution in [3.8, 4) is 0 Å². The van der Waals surface area contributed by atoms with E-state index in [9.17, 15) is 0 Å². The zero-order valence-corrected chi connectivity index (χ0v) is 17.1. The van der Waals surface area contributed by atoms with E-state index in [0.29, 0.717) is 5.95 Å². The van der Waals surface area contributed by atoms with Gasteiger partial charge in [0.05, 0.1) is 24.4 Å². The zero-order valence-electron chi connectivity index (χ0n) is 17.1. The van der Waals surface area contributed by atoms with Crippen LogP contribution in [0, 0.1) is 20.8 Å². The fourth-order valence-electron chi connectivity index (χ4n) is 3.98. The number of hydrogen-bond donors (Lipinski definition) is 5. The summed E-state index contributed by atoms with van der Waals surface area (Å²) in [6.07, 6.45) is 0. The molecule has 3 heterocycles. The quantitative estimate of drug-likeness (QED) is 0.381. The fourth-order valence-corrected chi connectivity index (χ4v) is 3.98. The molecule has 0 saturated carbocycles. The third kappa shape index (κ3) is 4.40. The van der Waals surface area contributed by atoms with E-state index in [0.717, 1.165) is 68.7 Å². The fraction of sp³-hybridized carbons (Fsp3) is 0.550. The van der Waals surface area contributed by atoms with E-state index in [1.54, 1.807) is 4.90 Å². The maximum atomic E-state index is 5.43. The molecule has 0 amide bonds. The third-order valence-corrected chi connectivity index (χ3v) is 5.63. The number of aromatic nitrogens is 2. The molecule has 1 aromatic heterocycles. The molecule has 0 aliphatic carbocycles. The number of fused-ring (bicyclic) bond motifs is 1.